The molecule has 1 N–H and O–H groups in total. The van der Waals surface area contributed by atoms with Gasteiger partial charge in [0.05, 0.1) is 11.9 Å². The summed E-state index contributed by atoms with van der Waals surface area (Å²) >= 11 is 0. The van der Waals surface area contributed by atoms with E-state index in [1.54, 1.807) is 15.7 Å². The van der Waals surface area contributed by atoms with Gasteiger partial charge in [-0.05, 0) is 35.0 Å². The van der Waals surface area contributed by atoms with Gasteiger partial charge in [0.25, 0.3) is 0 Å². The Bertz CT molecular complexity index is 699. The van der Waals surface area contributed by atoms with Gasteiger partial charge in [-0.15, -0.1) is 5.10 Å². The summed E-state index contributed by atoms with van der Waals surface area (Å²) in [6.07, 6.45) is 5.43. The van der Waals surface area contributed by atoms with E-state index >= 15 is 0 Å². The zero-order valence-electron chi connectivity index (χ0n) is 11.4. The van der Waals surface area contributed by atoms with Crippen LogP contribution in [0.2, 0.25) is 0 Å². The molecule has 0 aliphatic carbocycles. The minimum Gasteiger partial charge on any atom is -0.381 e. The smallest absolute Gasteiger partial charge is 0.143 e. The summed E-state index contributed by atoms with van der Waals surface area (Å²) in [5, 5.41) is 18.8. The molecule has 0 amide bonds. The van der Waals surface area contributed by atoms with Gasteiger partial charge in [0.2, 0.25) is 0 Å². The molecule has 7 heteroatoms. The van der Waals surface area contributed by atoms with E-state index in [1.807, 2.05) is 37.6 Å². The first kappa shape index (κ1) is 12.3. The average molecular weight is 269 g/mol. The first-order valence-corrected chi connectivity index (χ1v) is 6.28. The van der Waals surface area contributed by atoms with Crippen molar-refractivity contribution in [1.29, 1.82) is 0 Å². The maximum atomic E-state index is 4.16. The van der Waals surface area contributed by atoms with Gasteiger partial charge in [0.15, 0.2) is 0 Å². The molecule has 3 aromatic rings. The largest absolute Gasteiger partial charge is 0.381 e. The van der Waals surface area contributed by atoms with Gasteiger partial charge in [0, 0.05) is 31.0 Å². The summed E-state index contributed by atoms with van der Waals surface area (Å²) in [7, 11) is 1.91. The second kappa shape index (κ2) is 5.12. The third-order valence-corrected chi connectivity index (χ3v) is 3.08. The fourth-order valence-corrected chi connectivity index (χ4v) is 1.98. The SMILES string of the molecule is Cc1ccc(-n2cnnn2)cc1NCc1cnn(C)c1. The molecule has 102 valence electrons. The van der Waals surface area contributed by atoms with E-state index in [4.69, 9.17) is 0 Å². The molecule has 0 unspecified atom stereocenters. The van der Waals surface area contributed by atoms with E-state index in [0.717, 1.165) is 23.5 Å². The Kier molecular flexibility index (Phi) is 3.16. The Hall–Kier alpha value is -2.70. The fourth-order valence-electron chi connectivity index (χ4n) is 1.98. The molecule has 0 aliphatic rings. The molecular formula is C13H15N7. The van der Waals surface area contributed by atoms with E-state index < -0.39 is 0 Å². The molecule has 0 saturated carbocycles. The summed E-state index contributed by atoms with van der Waals surface area (Å²) in [6.45, 7) is 2.79. The van der Waals surface area contributed by atoms with E-state index in [1.165, 1.54) is 5.56 Å². The lowest BCUT2D eigenvalue weighted by Crippen LogP contribution is -2.02. The van der Waals surface area contributed by atoms with Crippen molar-refractivity contribution in [2.75, 3.05) is 5.32 Å². The standard InChI is InChI=1S/C13H15N7/c1-10-3-4-12(20-9-15-17-18-20)5-13(10)14-6-11-7-16-19(2)8-11/h3-5,7-9,14H,6H2,1-2H3. The first-order chi connectivity index (χ1) is 9.72. The van der Waals surface area contributed by atoms with Gasteiger partial charge in [-0.25, -0.2) is 4.68 Å². The molecule has 20 heavy (non-hydrogen) atoms. The Labute approximate surface area is 116 Å². The van der Waals surface area contributed by atoms with Crippen LogP contribution in [0.3, 0.4) is 0 Å². The number of tetrazole rings is 1. The van der Waals surface area contributed by atoms with Gasteiger partial charge < -0.3 is 5.32 Å². The highest BCUT2D eigenvalue weighted by Gasteiger charge is 2.04. The number of hydrogen-bond donors (Lipinski definition) is 1. The van der Waals surface area contributed by atoms with Crippen molar-refractivity contribution in [2.24, 2.45) is 7.05 Å². The van der Waals surface area contributed by atoms with Crippen LogP contribution in [0.5, 0.6) is 0 Å². The van der Waals surface area contributed by atoms with E-state index in [9.17, 15) is 0 Å². The van der Waals surface area contributed by atoms with Crippen LogP contribution in [-0.4, -0.2) is 30.0 Å². The molecule has 1 aromatic carbocycles. The number of anilines is 1. The van der Waals surface area contributed by atoms with Crippen molar-refractivity contribution < 1.29 is 0 Å². The van der Waals surface area contributed by atoms with Crippen molar-refractivity contribution in [3.05, 3.63) is 48.0 Å². The second-order valence-corrected chi connectivity index (χ2v) is 4.63. The molecule has 3 rings (SSSR count). The van der Waals surface area contributed by atoms with Gasteiger partial charge in [-0.2, -0.15) is 5.10 Å². The van der Waals surface area contributed by atoms with Crippen LogP contribution in [-0.2, 0) is 13.6 Å². The zero-order chi connectivity index (χ0) is 13.9. The van der Waals surface area contributed by atoms with Gasteiger partial charge >= 0.3 is 0 Å². The number of rotatable bonds is 4. The lowest BCUT2D eigenvalue weighted by Gasteiger charge is -2.10. The number of aryl methyl sites for hydroxylation is 2. The topological polar surface area (TPSA) is 73.5 Å². The van der Waals surface area contributed by atoms with Crippen LogP contribution in [0, 0.1) is 6.92 Å². The predicted octanol–water partition coefficient (Wildman–Crippen LogP) is 1.32. The van der Waals surface area contributed by atoms with Gasteiger partial charge in [-0.3, -0.25) is 4.68 Å². The normalized spacial score (nSPS) is 10.7. The number of hydrogen-bond acceptors (Lipinski definition) is 5. The minimum atomic E-state index is 0.730. The van der Waals surface area contributed by atoms with Crippen molar-refractivity contribution in [3.8, 4) is 5.69 Å². The molecule has 0 bridgehead atoms. The lowest BCUT2D eigenvalue weighted by atomic mass is 10.1. The molecule has 7 nitrogen and oxygen atoms in total. The monoisotopic (exact) mass is 269 g/mol. The summed E-state index contributed by atoms with van der Waals surface area (Å²) in [5.41, 5.74) is 4.29. The van der Waals surface area contributed by atoms with E-state index in [2.05, 4.69) is 32.9 Å². The lowest BCUT2D eigenvalue weighted by molar-refractivity contribution is 0.767. The first-order valence-electron chi connectivity index (χ1n) is 6.28. The van der Waals surface area contributed by atoms with Crippen molar-refractivity contribution in [2.45, 2.75) is 13.5 Å². The van der Waals surface area contributed by atoms with Crippen LogP contribution >= 0.6 is 0 Å². The molecule has 0 saturated heterocycles. The Morgan fingerprint density at radius 3 is 2.90 bits per heavy atom. The van der Waals surface area contributed by atoms with Crippen LogP contribution in [0.25, 0.3) is 5.69 Å². The van der Waals surface area contributed by atoms with Crippen LogP contribution < -0.4 is 5.32 Å². The summed E-state index contributed by atoms with van der Waals surface area (Å²) < 4.78 is 3.43. The average Bonchev–Trinajstić information content (AvgIpc) is 3.09. The minimum absolute atomic E-state index is 0.730. The quantitative estimate of drug-likeness (QED) is 0.773. The van der Waals surface area contributed by atoms with E-state index in [0.29, 0.717) is 0 Å². The fraction of sp³-hybridized carbons (Fsp3) is 0.231. The maximum Gasteiger partial charge on any atom is 0.143 e. The summed E-state index contributed by atoms with van der Waals surface area (Å²) in [5.74, 6) is 0. The molecule has 2 heterocycles. The summed E-state index contributed by atoms with van der Waals surface area (Å²) in [6, 6.07) is 6.06. The highest BCUT2D eigenvalue weighted by Crippen LogP contribution is 2.19. The molecule has 0 spiro atoms. The molecule has 0 atom stereocenters. The van der Waals surface area contributed by atoms with E-state index in [-0.39, 0.29) is 0 Å². The Morgan fingerprint density at radius 1 is 1.30 bits per heavy atom. The summed E-state index contributed by atoms with van der Waals surface area (Å²) in [4.78, 5) is 0. The third-order valence-electron chi connectivity index (χ3n) is 3.08. The van der Waals surface area contributed by atoms with Crippen molar-refractivity contribution >= 4 is 5.69 Å². The van der Waals surface area contributed by atoms with Crippen LogP contribution in [0.15, 0.2) is 36.9 Å². The number of nitrogens with one attached hydrogen (secondary N) is 1. The molecule has 0 radical (unpaired) electrons. The molecule has 0 aliphatic heterocycles. The molecule has 0 fully saturated rings. The van der Waals surface area contributed by atoms with Gasteiger partial charge in [0.1, 0.15) is 6.33 Å². The number of aromatic nitrogens is 6. The van der Waals surface area contributed by atoms with Crippen LogP contribution in [0.4, 0.5) is 5.69 Å². The van der Waals surface area contributed by atoms with Gasteiger partial charge in [-0.1, -0.05) is 6.07 Å². The predicted molar refractivity (Wildman–Crippen MR) is 74.4 cm³/mol. The van der Waals surface area contributed by atoms with Crippen molar-refractivity contribution in [3.63, 3.8) is 0 Å². The Morgan fingerprint density at radius 2 is 2.20 bits per heavy atom. The number of nitrogens with zero attached hydrogens (tertiary/aromatic N) is 6. The highest BCUT2D eigenvalue weighted by atomic mass is 15.5. The van der Waals surface area contributed by atoms with Crippen molar-refractivity contribution in [1.82, 2.24) is 30.0 Å². The number of benzene rings is 1. The molecule has 2 aromatic heterocycles. The maximum absolute atomic E-state index is 4.16. The third kappa shape index (κ3) is 2.51. The highest BCUT2D eigenvalue weighted by molar-refractivity contribution is 5.56. The van der Waals surface area contributed by atoms with Crippen LogP contribution in [0.1, 0.15) is 11.1 Å². The second-order valence-electron chi connectivity index (χ2n) is 4.63. The Balaban J connectivity index is 1.80. The molecular weight excluding hydrogens is 254 g/mol. The zero-order valence-corrected chi connectivity index (χ0v) is 11.4.